The van der Waals surface area contributed by atoms with E-state index >= 15 is 0 Å². The molecule has 0 saturated heterocycles. The molecule has 0 fully saturated rings. The fourth-order valence-electron chi connectivity index (χ4n) is 2.87. The van der Waals surface area contributed by atoms with Gasteiger partial charge in [-0.15, -0.1) is 0 Å². The Labute approximate surface area is 179 Å². The maximum atomic E-state index is 12.8. The average molecular weight is 428 g/mol. The van der Waals surface area contributed by atoms with Crippen molar-refractivity contribution in [1.82, 2.24) is 16.0 Å². The van der Waals surface area contributed by atoms with Gasteiger partial charge in [-0.25, -0.2) is 0 Å². The number of aliphatic imine (C=N–C) groups is 1. The fraction of sp³-hybridized carbons (Fsp3) is 0.750. The summed E-state index contributed by atoms with van der Waals surface area (Å²) in [5.74, 6) is -1.20. The minimum absolute atomic E-state index is 0.0312. The highest BCUT2D eigenvalue weighted by Crippen LogP contribution is 2.11. The van der Waals surface area contributed by atoms with E-state index in [-0.39, 0.29) is 23.7 Å². The van der Waals surface area contributed by atoms with Gasteiger partial charge in [-0.1, -0.05) is 34.1 Å². The third kappa shape index (κ3) is 11.4. The molecule has 7 N–H and O–H groups in total. The van der Waals surface area contributed by atoms with E-state index in [4.69, 9.17) is 11.5 Å². The molecule has 0 aliphatic carbocycles. The minimum atomic E-state index is -0.828. The Morgan fingerprint density at radius 2 is 1.67 bits per heavy atom. The molecule has 0 spiro atoms. The highest BCUT2D eigenvalue weighted by atomic mass is 16.2. The smallest absolute Gasteiger partial charge is 0.243 e. The van der Waals surface area contributed by atoms with E-state index in [1.807, 2.05) is 27.7 Å². The molecular weight excluding hydrogens is 389 g/mol. The van der Waals surface area contributed by atoms with Gasteiger partial charge in [0.25, 0.3) is 0 Å². The maximum Gasteiger partial charge on any atom is 0.243 e. The lowest BCUT2D eigenvalue weighted by Crippen LogP contribution is -2.57. The van der Waals surface area contributed by atoms with Gasteiger partial charge >= 0.3 is 0 Å². The highest BCUT2D eigenvalue weighted by Gasteiger charge is 2.30. The molecule has 0 aliphatic heterocycles. The van der Waals surface area contributed by atoms with Crippen LogP contribution in [0.25, 0.3) is 0 Å². The van der Waals surface area contributed by atoms with E-state index in [9.17, 15) is 19.2 Å². The van der Waals surface area contributed by atoms with Crippen molar-refractivity contribution in [2.24, 2.45) is 28.3 Å². The minimum Gasteiger partial charge on any atom is -0.370 e. The predicted octanol–water partition coefficient (Wildman–Crippen LogP) is -0.195. The molecular formula is C20H38N6O4. The molecule has 4 atom stereocenters. The Hall–Kier alpha value is -2.65. The summed E-state index contributed by atoms with van der Waals surface area (Å²) >= 11 is 0. The number of guanidine groups is 1. The molecule has 0 unspecified atom stereocenters. The number of carbonyl (C=O) groups is 4. The van der Waals surface area contributed by atoms with Crippen molar-refractivity contribution in [2.45, 2.75) is 78.4 Å². The van der Waals surface area contributed by atoms with Crippen LogP contribution in [0.3, 0.4) is 0 Å². The summed E-state index contributed by atoms with van der Waals surface area (Å²) in [6.07, 6.45) is 2.63. The topological polar surface area (TPSA) is 169 Å². The average Bonchev–Trinajstić information content (AvgIpc) is 2.65. The molecule has 0 saturated carbocycles. The summed E-state index contributed by atoms with van der Waals surface area (Å²) in [4.78, 5) is 52.3. The van der Waals surface area contributed by atoms with Gasteiger partial charge in [-0.05, 0) is 31.1 Å². The number of carbonyl (C=O) groups excluding carboxylic acids is 4. The third-order valence-electron chi connectivity index (χ3n) is 4.65. The summed E-state index contributed by atoms with van der Waals surface area (Å²) in [6.45, 7) is 9.33. The molecule has 0 radical (unpaired) electrons. The van der Waals surface area contributed by atoms with E-state index in [2.05, 4.69) is 20.9 Å². The van der Waals surface area contributed by atoms with Crippen molar-refractivity contribution >= 4 is 30.0 Å². The molecule has 30 heavy (non-hydrogen) atoms. The lowest BCUT2D eigenvalue weighted by atomic mass is 9.96. The van der Waals surface area contributed by atoms with Crippen LogP contribution in [-0.4, -0.2) is 54.6 Å². The monoisotopic (exact) mass is 427 g/mol. The molecule has 0 heterocycles. The molecule has 0 aromatic heterocycles. The zero-order valence-corrected chi connectivity index (χ0v) is 18.7. The Morgan fingerprint density at radius 1 is 1.03 bits per heavy atom. The van der Waals surface area contributed by atoms with Gasteiger partial charge in [0.05, 0.1) is 6.04 Å². The van der Waals surface area contributed by atoms with Crippen LogP contribution in [0.5, 0.6) is 0 Å². The molecule has 0 aromatic carbocycles. The summed E-state index contributed by atoms with van der Waals surface area (Å²) in [5.41, 5.74) is 10.5. The summed E-state index contributed by atoms with van der Waals surface area (Å²) < 4.78 is 0. The van der Waals surface area contributed by atoms with Gasteiger partial charge in [0.2, 0.25) is 17.7 Å². The number of amides is 3. The van der Waals surface area contributed by atoms with E-state index in [1.54, 1.807) is 0 Å². The number of nitrogens with two attached hydrogens (primary N) is 2. The zero-order valence-electron chi connectivity index (χ0n) is 18.7. The number of hydrogen-bond acceptors (Lipinski definition) is 5. The quantitative estimate of drug-likeness (QED) is 0.0845. The van der Waals surface area contributed by atoms with Crippen LogP contribution in [0, 0.1) is 11.8 Å². The van der Waals surface area contributed by atoms with E-state index in [1.165, 1.54) is 6.92 Å². The molecule has 10 nitrogen and oxygen atoms in total. The van der Waals surface area contributed by atoms with Crippen LogP contribution in [-0.2, 0) is 19.2 Å². The van der Waals surface area contributed by atoms with Crippen molar-refractivity contribution in [2.75, 3.05) is 6.54 Å². The van der Waals surface area contributed by atoms with Gasteiger partial charge in [0.15, 0.2) is 5.96 Å². The molecule has 10 heteroatoms. The van der Waals surface area contributed by atoms with Crippen molar-refractivity contribution in [3.05, 3.63) is 0 Å². The molecule has 0 aliphatic rings. The molecule has 0 aromatic rings. The Morgan fingerprint density at radius 3 is 2.13 bits per heavy atom. The normalized spacial score (nSPS) is 14.7. The van der Waals surface area contributed by atoms with Crippen molar-refractivity contribution < 1.29 is 19.2 Å². The first kappa shape index (κ1) is 27.4. The second-order valence-electron chi connectivity index (χ2n) is 7.95. The number of rotatable bonds is 14. The van der Waals surface area contributed by atoms with Gasteiger partial charge in [-0.3, -0.25) is 19.4 Å². The molecule has 0 bridgehead atoms. The van der Waals surface area contributed by atoms with Crippen molar-refractivity contribution in [3.8, 4) is 0 Å². The third-order valence-corrected chi connectivity index (χ3v) is 4.65. The number of hydrogen-bond donors (Lipinski definition) is 5. The Balaban J connectivity index is 5.16. The standard InChI is InChI=1S/C20H38N6O4/c1-6-13(4)17(26-18(29)16(10-12(2)3)24-14(5)28)19(30)25-15(11-27)8-7-9-23-20(21)22/h11-13,15-17H,6-10H2,1-5H3,(H,24,28)(H,25,30)(H,26,29)(H4,21,22,23)/t13-,15-,16-,17-/m0/s1/i11+1. The first-order chi connectivity index (χ1) is 14.0. The Kier molecular flexibility index (Phi) is 13.1. The Bertz CT molecular complexity index is 604. The number of nitrogens with one attached hydrogen (secondary N) is 3. The van der Waals surface area contributed by atoms with E-state index < -0.39 is 29.9 Å². The maximum absolute atomic E-state index is 12.8. The summed E-state index contributed by atoms with van der Waals surface area (Å²) in [5, 5.41) is 8.07. The lowest BCUT2D eigenvalue weighted by Gasteiger charge is -2.28. The largest absolute Gasteiger partial charge is 0.370 e. The molecule has 0 rings (SSSR count). The fourth-order valence-corrected chi connectivity index (χ4v) is 2.87. The van der Waals surface area contributed by atoms with Gasteiger partial charge in [-0.2, -0.15) is 0 Å². The SMILES string of the molecule is CC[C@H](C)[C@H](NC(=O)[C@H](CC(C)C)NC(C)=O)C(=O)N[C@@H](CCCN=C(N)N)[13CH]=O. The lowest BCUT2D eigenvalue weighted by molar-refractivity contribution is -0.133. The van der Waals surface area contributed by atoms with Crippen LogP contribution in [0.15, 0.2) is 4.99 Å². The molecule has 3 amide bonds. The van der Waals surface area contributed by atoms with Crippen LogP contribution in [0.1, 0.15) is 60.3 Å². The first-order valence-corrected chi connectivity index (χ1v) is 10.4. The summed E-state index contributed by atoms with van der Waals surface area (Å²) in [6, 6.07) is -2.27. The molecule has 172 valence electrons. The van der Waals surface area contributed by atoms with Crippen LogP contribution in [0.2, 0.25) is 0 Å². The van der Waals surface area contributed by atoms with Gasteiger partial charge in [0.1, 0.15) is 18.4 Å². The van der Waals surface area contributed by atoms with E-state index in [0.717, 1.165) is 0 Å². The van der Waals surface area contributed by atoms with Crippen LogP contribution < -0.4 is 27.4 Å². The van der Waals surface area contributed by atoms with Gasteiger partial charge < -0.3 is 32.2 Å². The van der Waals surface area contributed by atoms with Crippen LogP contribution in [0.4, 0.5) is 0 Å². The zero-order chi connectivity index (χ0) is 23.3. The van der Waals surface area contributed by atoms with Crippen LogP contribution >= 0.6 is 0 Å². The summed E-state index contributed by atoms with van der Waals surface area (Å²) in [7, 11) is 0. The number of nitrogens with zero attached hydrogens (tertiary/aromatic N) is 1. The van der Waals surface area contributed by atoms with Crippen molar-refractivity contribution in [1.29, 1.82) is 0 Å². The highest BCUT2D eigenvalue weighted by molar-refractivity contribution is 5.92. The second-order valence-corrected chi connectivity index (χ2v) is 7.95. The van der Waals surface area contributed by atoms with E-state index in [0.29, 0.717) is 38.5 Å². The number of aldehydes is 1. The predicted molar refractivity (Wildman–Crippen MR) is 116 cm³/mol. The second kappa shape index (κ2) is 14.4. The van der Waals surface area contributed by atoms with Crippen molar-refractivity contribution in [3.63, 3.8) is 0 Å². The first-order valence-electron chi connectivity index (χ1n) is 10.4. The van der Waals surface area contributed by atoms with Gasteiger partial charge in [0, 0.05) is 13.5 Å².